The summed E-state index contributed by atoms with van der Waals surface area (Å²) >= 11 is 6.59. The van der Waals surface area contributed by atoms with Gasteiger partial charge in [-0.05, 0) is 69.5 Å². The van der Waals surface area contributed by atoms with Gasteiger partial charge in [0.1, 0.15) is 23.3 Å². The lowest BCUT2D eigenvalue weighted by atomic mass is 9.89. The second kappa shape index (κ2) is 10.3. The van der Waals surface area contributed by atoms with Crippen LogP contribution in [0.2, 0.25) is 5.02 Å². The van der Waals surface area contributed by atoms with Gasteiger partial charge >= 0.3 is 0 Å². The molecular weight excluding hydrogens is 515 g/mol. The molecule has 3 aliphatic rings. The minimum atomic E-state index is -0.993. The molecule has 1 N–H and O–H groups in total. The van der Waals surface area contributed by atoms with Crippen LogP contribution < -0.4 is 9.80 Å². The van der Waals surface area contributed by atoms with Crippen LogP contribution in [0.1, 0.15) is 50.9 Å². The van der Waals surface area contributed by atoms with E-state index < -0.39 is 5.60 Å². The number of benzene rings is 1. The molecule has 5 heterocycles. The Morgan fingerprint density at radius 3 is 2.41 bits per heavy atom. The molecule has 0 amide bonds. The van der Waals surface area contributed by atoms with Crippen LogP contribution >= 0.6 is 11.6 Å². The summed E-state index contributed by atoms with van der Waals surface area (Å²) in [6.45, 7) is 11.0. The fraction of sp³-hybridized carbons (Fsp3) is 0.500. The molecular formula is C30H36ClFN6O. The molecule has 206 valence electrons. The molecule has 3 aromatic rings. The van der Waals surface area contributed by atoms with Crippen molar-refractivity contribution >= 4 is 23.2 Å². The van der Waals surface area contributed by atoms with Crippen molar-refractivity contribution in [1.82, 2.24) is 19.9 Å². The number of aliphatic hydroxyl groups is 1. The first-order valence-electron chi connectivity index (χ1n) is 13.9. The number of aromatic nitrogens is 3. The lowest BCUT2D eigenvalue weighted by Crippen LogP contribution is -2.47. The Bertz CT molecular complexity index is 1340. The molecule has 3 fully saturated rings. The summed E-state index contributed by atoms with van der Waals surface area (Å²) in [7, 11) is 0. The zero-order valence-electron chi connectivity index (χ0n) is 22.8. The van der Waals surface area contributed by atoms with Gasteiger partial charge in [-0.25, -0.2) is 19.3 Å². The number of hydrogen-bond donors (Lipinski definition) is 1. The highest BCUT2D eigenvalue weighted by Crippen LogP contribution is 2.42. The van der Waals surface area contributed by atoms with Crippen LogP contribution in [0.4, 0.5) is 16.0 Å². The monoisotopic (exact) mass is 550 g/mol. The van der Waals surface area contributed by atoms with Crippen molar-refractivity contribution in [2.75, 3.05) is 49.1 Å². The summed E-state index contributed by atoms with van der Waals surface area (Å²) in [5, 5.41) is 10.9. The minimum absolute atomic E-state index is 0.252. The fourth-order valence-electron chi connectivity index (χ4n) is 6.45. The molecule has 6 rings (SSSR count). The number of rotatable bonds is 5. The summed E-state index contributed by atoms with van der Waals surface area (Å²) < 4.78 is 13.7. The second-order valence-corrected chi connectivity index (χ2v) is 12.2. The predicted molar refractivity (Wildman–Crippen MR) is 153 cm³/mol. The summed E-state index contributed by atoms with van der Waals surface area (Å²) in [4.78, 5) is 21.9. The van der Waals surface area contributed by atoms with Gasteiger partial charge in [0.2, 0.25) is 0 Å². The van der Waals surface area contributed by atoms with Gasteiger partial charge in [0.25, 0.3) is 0 Å². The number of halogens is 2. The largest absolute Gasteiger partial charge is 0.386 e. The topological polar surface area (TPSA) is 68.6 Å². The zero-order chi connectivity index (χ0) is 27.3. The fourth-order valence-corrected chi connectivity index (χ4v) is 6.74. The molecule has 3 saturated heterocycles. The first-order valence-corrected chi connectivity index (χ1v) is 14.3. The molecule has 0 saturated carbocycles. The first kappa shape index (κ1) is 26.4. The van der Waals surface area contributed by atoms with Gasteiger partial charge in [-0.2, -0.15) is 0 Å². The van der Waals surface area contributed by atoms with Crippen LogP contribution in [0.25, 0.3) is 11.3 Å². The van der Waals surface area contributed by atoms with Crippen molar-refractivity contribution < 1.29 is 9.50 Å². The third-order valence-electron chi connectivity index (χ3n) is 8.56. The van der Waals surface area contributed by atoms with Crippen molar-refractivity contribution in [2.24, 2.45) is 5.92 Å². The van der Waals surface area contributed by atoms with E-state index in [9.17, 15) is 9.50 Å². The van der Waals surface area contributed by atoms with Crippen molar-refractivity contribution in [1.29, 1.82) is 0 Å². The van der Waals surface area contributed by atoms with Crippen molar-refractivity contribution in [3.63, 3.8) is 0 Å². The maximum atomic E-state index is 13.7. The molecule has 3 unspecified atom stereocenters. The van der Waals surface area contributed by atoms with E-state index in [2.05, 4.69) is 26.6 Å². The van der Waals surface area contributed by atoms with E-state index in [1.54, 1.807) is 38.2 Å². The summed E-state index contributed by atoms with van der Waals surface area (Å²) in [5.41, 5.74) is 1.44. The number of pyridine rings is 1. The third kappa shape index (κ3) is 5.22. The van der Waals surface area contributed by atoms with Gasteiger partial charge in [0.05, 0.1) is 16.3 Å². The van der Waals surface area contributed by atoms with E-state index in [0.717, 1.165) is 68.0 Å². The van der Waals surface area contributed by atoms with Crippen LogP contribution in [0.3, 0.4) is 0 Å². The summed E-state index contributed by atoms with van der Waals surface area (Å²) in [6.07, 6.45) is 4.12. The van der Waals surface area contributed by atoms with E-state index in [1.807, 2.05) is 6.07 Å². The molecule has 2 aromatic heterocycles. The van der Waals surface area contributed by atoms with E-state index in [1.165, 1.54) is 25.0 Å². The van der Waals surface area contributed by atoms with E-state index in [4.69, 9.17) is 21.6 Å². The number of piperazine rings is 1. The lowest BCUT2D eigenvalue weighted by molar-refractivity contribution is 0.0782. The molecule has 0 spiro atoms. The molecule has 0 bridgehead atoms. The molecule has 0 aliphatic carbocycles. The highest BCUT2D eigenvalue weighted by molar-refractivity contribution is 6.33. The highest BCUT2D eigenvalue weighted by atomic mass is 35.5. The van der Waals surface area contributed by atoms with Crippen LogP contribution in [0.5, 0.6) is 0 Å². The van der Waals surface area contributed by atoms with E-state index in [0.29, 0.717) is 28.5 Å². The van der Waals surface area contributed by atoms with Crippen molar-refractivity contribution in [2.45, 2.75) is 51.2 Å². The number of hydrogen-bond acceptors (Lipinski definition) is 7. The number of nitrogens with zero attached hydrogens (tertiary/aromatic N) is 6. The first-order chi connectivity index (χ1) is 18.7. The van der Waals surface area contributed by atoms with Crippen LogP contribution in [0.15, 0.2) is 42.6 Å². The Morgan fingerprint density at radius 1 is 1.00 bits per heavy atom. The Morgan fingerprint density at radius 2 is 1.72 bits per heavy atom. The second-order valence-electron chi connectivity index (χ2n) is 11.7. The lowest BCUT2D eigenvalue weighted by Gasteiger charge is -2.37. The Labute approximate surface area is 234 Å². The number of fused-ring (bicyclic) bond motifs is 1. The van der Waals surface area contributed by atoms with Gasteiger partial charge < -0.3 is 14.9 Å². The molecule has 9 heteroatoms. The molecule has 1 aromatic carbocycles. The maximum Gasteiger partial charge on any atom is 0.147 e. The quantitative estimate of drug-likeness (QED) is 0.475. The Kier molecular flexibility index (Phi) is 6.98. The number of anilines is 2. The summed E-state index contributed by atoms with van der Waals surface area (Å²) in [5.74, 6) is 3.09. The molecule has 7 nitrogen and oxygen atoms in total. The van der Waals surface area contributed by atoms with Gasteiger partial charge in [-0.15, -0.1) is 0 Å². The molecule has 39 heavy (non-hydrogen) atoms. The SMILES string of the molecule is CC1CN2CCCC2C1c1nc(-c2ccc(F)cc2)cc(N2CCN(c3ncc(C(C)(C)O)cc3Cl)CC2)n1. The van der Waals surface area contributed by atoms with E-state index in [-0.39, 0.29) is 5.82 Å². The highest BCUT2D eigenvalue weighted by Gasteiger charge is 2.44. The van der Waals surface area contributed by atoms with Crippen molar-refractivity contribution in [3.8, 4) is 11.3 Å². The maximum absolute atomic E-state index is 13.7. The van der Waals surface area contributed by atoms with Gasteiger partial charge in [0.15, 0.2) is 0 Å². The minimum Gasteiger partial charge on any atom is -0.386 e. The average molecular weight is 551 g/mol. The van der Waals surface area contributed by atoms with Gasteiger partial charge in [0, 0.05) is 68.1 Å². The Balaban J connectivity index is 1.28. The standard InChI is InChI=1S/C30H36ClFN6O/c1-19-18-38-10-4-5-25(38)27(19)28-34-24(20-6-8-22(32)9-7-20)16-26(35-28)36-11-13-37(14-12-36)29-23(31)15-21(17-33-29)30(2,3)39/h6-9,15-17,19,25,27,39H,4-5,10-14,18H2,1-3H3. The van der Waals surface area contributed by atoms with Crippen LogP contribution in [0, 0.1) is 11.7 Å². The van der Waals surface area contributed by atoms with E-state index >= 15 is 0 Å². The summed E-state index contributed by atoms with van der Waals surface area (Å²) in [6, 6.07) is 10.9. The zero-order valence-corrected chi connectivity index (χ0v) is 23.6. The Hall–Kier alpha value is -2.81. The van der Waals surface area contributed by atoms with Gasteiger partial charge in [-0.3, -0.25) is 4.90 Å². The third-order valence-corrected chi connectivity index (χ3v) is 8.84. The predicted octanol–water partition coefficient (Wildman–Crippen LogP) is 5.08. The smallest absolute Gasteiger partial charge is 0.147 e. The van der Waals surface area contributed by atoms with Crippen LogP contribution in [-0.4, -0.2) is 70.3 Å². The van der Waals surface area contributed by atoms with Crippen LogP contribution in [-0.2, 0) is 5.60 Å². The molecule has 0 radical (unpaired) electrons. The molecule has 3 aliphatic heterocycles. The average Bonchev–Trinajstić information content (AvgIpc) is 3.48. The van der Waals surface area contributed by atoms with Crippen molar-refractivity contribution in [3.05, 3.63) is 64.8 Å². The normalized spacial score (nSPS) is 23.9. The van der Waals surface area contributed by atoms with Gasteiger partial charge in [-0.1, -0.05) is 18.5 Å². The molecule has 3 atom stereocenters.